The Balaban J connectivity index is 1.73. The van der Waals surface area contributed by atoms with Gasteiger partial charge in [0, 0.05) is 38.5 Å². The van der Waals surface area contributed by atoms with Crippen LogP contribution < -0.4 is 9.47 Å². The van der Waals surface area contributed by atoms with E-state index in [1.165, 1.54) is 0 Å². The van der Waals surface area contributed by atoms with Gasteiger partial charge in [0.1, 0.15) is 0 Å². The van der Waals surface area contributed by atoms with Crippen LogP contribution in [0.1, 0.15) is 38.5 Å². The summed E-state index contributed by atoms with van der Waals surface area (Å²) in [7, 11) is 0. The van der Waals surface area contributed by atoms with Gasteiger partial charge in [0.25, 0.3) is 0 Å². The molecule has 8 nitrogen and oxygen atoms in total. The normalized spacial score (nSPS) is 31.3. The summed E-state index contributed by atoms with van der Waals surface area (Å²) >= 11 is 0. The number of hydrogen-bond donors (Lipinski definition) is 0. The van der Waals surface area contributed by atoms with E-state index < -0.39 is 11.1 Å². The predicted octanol–water partition coefficient (Wildman–Crippen LogP) is 3.40. The highest BCUT2D eigenvalue weighted by atomic mass is 16.5. The molecule has 3 heterocycles. The van der Waals surface area contributed by atoms with Crippen LogP contribution in [0.25, 0.3) is 5.53 Å². The zero-order valence-electron chi connectivity index (χ0n) is 19.0. The van der Waals surface area contributed by atoms with Crippen molar-refractivity contribution in [3.63, 3.8) is 0 Å². The summed E-state index contributed by atoms with van der Waals surface area (Å²) in [4.78, 5) is 0. The number of benzene rings is 1. The van der Waals surface area contributed by atoms with Gasteiger partial charge in [-0.3, -0.25) is 0 Å². The van der Waals surface area contributed by atoms with Gasteiger partial charge in [-0.05, 0) is 12.1 Å². The molecular formula is C24H36N2O6. The zero-order chi connectivity index (χ0) is 22.1. The molecule has 0 saturated carbocycles. The van der Waals surface area contributed by atoms with Crippen LogP contribution in [0.15, 0.2) is 24.3 Å². The summed E-state index contributed by atoms with van der Waals surface area (Å²) in [5, 5.41) is 0. The van der Waals surface area contributed by atoms with Crippen LogP contribution in [0.3, 0.4) is 0 Å². The lowest BCUT2D eigenvalue weighted by atomic mass is 9.79. The van der Waals surface area contributed by atoms with Crippen LogP contribution in [0.4, 0.5) is 0 Å². The summed E-state index contributed by atoms with van der Waals surface area (Å²) < 4.78 is 37.3. The number of nitrogens with zero attached hydrogens (tertiary/aromatic N) is 2. The van der Waals surface area contributed by atoms with E-state index in [9.17, 15) is 5.53 Å². The molecule has 32 heavy (non-hydrogen) atoms. The standard InChI is InChI=1S/C24H36N2O6/c25-26-23-5-11-27-17-19-29-13-7-24(26,8-14-30-20-18-28-12-6-23)10-16-32-22-4-2-1-3-21(22)31-15-9-23/h1-4H,5-20H2. The van der Waals surface area contributed by atoms with Gasteiger partial charge in [0.2, 0.25) is 0 Å². The van der Waals surface area contributed by atoms with Crippen LogP contribution in [0, 0.1) is 0 Å². The van der Waals surface area contributed by atoms with Crippen molar-refractivity contribution in [1.82, 2.24) is 0 Å². The fraction of sp³-hybridized carbons (Fsp3) is 0.750. The quantitative estimate of drug-likeness (QED) is 0.566. The average molecular weight is 449 g/mol. The highest BCUT2D eigenvalue weighted by Gasteiger charge is 2.49. The van der Waals surface area contributed by atoms with Crippen LogP contribution in [-0.2, 0) is 18.9 Å². The first-order valence-corrected chi connectivity index (χ1v) is 11.9. The summed E-state index contributed by atoms with van der Waals surface area (Å²) in [6.45, 7) is 5.31. The Kier molecular flexibility index (Phi) is 8.35. The van der Waals surface area contributed by atoms with Crippen molar-refractivity contribution < 1.29 is 33.1 Å². The van der Waals surface area contributed by atoms with Gasteiger partial charge in [0.15, 0.2) is 22.6 Å². The van der Waals surface area contributed by atoms with E-state index >= 15 is 0 Å². The Labute approximate surface area is 190 Å². The summed E-state index contributed by atoms with van der Waals surface area (Å²) in [6.07, 6.45) is 4.02. The first-order valence-electron chi connectivity index (χ1n) is 11.9. The zero-order valence-corrected chi connectivity index (χ0v) is 19.0. The van der Waals surface area contributed by atoms with Gasteiger partial charge in [-0.1, -0.05) is 12.1 Å². The van der Waals surface area contributed by atoms with Crippen LogP contribution in [-0.4, -0.2) is 81.8 Å². The molecule has 0 atom stereocenters. The molecule has 0 aromatic heterocycles. The van der Waals surface area contributed by atoms with Crippen molar-refractivity contribution in [2.75, 3.05) is 66.1 Å². The van der Waals surface area contributed by atoms with Crippen molar-refractivity contribution in [3.05, 3.63) is 29.8 Å². The maximum atomic E-state index is 12.0. The molecule has 1 aromatic rings. The fourth-order valence-electron chi connectivity index (χ4n) is 4.97. The van der Waals surface area contributed by atoms with E-state index in [1.54, 1.807) is 4.70 Å². The summed E-state index contributed by atoms with van der Waals surface area (Å²) in [5.41, 5.74) is 10.9. The molecule has 3 aliphatic heterocycles. The van der Waals surface area contributed by atoms with Gasteiger partial charge in [-0.25, -0.2) is 0 Å². The average Bonchev–Trinajstić information content (AvgIpc) is 2.86. The van der Waals surface area contributed by atoms with Gasteiger partial charge >= 0.3 is 0 Å². The molecule has 0 amide bonds. The largest absolute Gasteiger partial charge is 0.506 e. The Morgan fingerprint density at radius 2 is 0.875 bits per heavy atom. The number of fused-ring (bicyclic) bond motifs is 1. The third kappa shape index (κ3) is 5.60. The van der Waals surface area contributed by atoms with Crippen molar-refractivity contribution in [1.29, 1.82) is 0 Å². The van der Waals surface area contributed by atoms with E-state index in [0.717, 1.165) is 11.5 Å². The number of rotatable bonds is 0. The highest BCUT2D eigenvalue weighted by Crippen LogP contribution is 2.39. The van der Waals surface area contributed by atoms with E-state index in [0.29, 0.717) is 105 Å². The monoisotopic (exact) mass is 448 g/mol. The number of hydrogen-bond acceptors (Lipinski definition) is 6. The molecule has 8 heteroatoms. The second kappa shape index (κ2) is 11.4. The van der Waals surface area contributed by atoms with Crippen molar-refractivity contribution in [2.45, 2.75) is 49.6 Å². The maximum absolute atomic E-state index is 12.0. The number of ether oxygens (including phenoxy) is 6. The Bertz CT molecular complexity index is 664. The molecule has 0 aliphatic carbocycles. The third-order valence-corrected chi connectivity index (χ3v) is 6.99. The van der Waals surface area contributed by atoms with Crippen molar-refractivity contribution >= 4 is 0 Å². The van der Waals surface area contributed by atoms with Crippen LogP contribution >= 0.6 is 0 Å². The van der Waals surface area contributed by atoms with Crippen LogP contribution in [0.5, 0.6) is 11.5 Å². The molecule has 0 radical (unpaired) electrons. The topological polar surface area (TPSA) is 80.7 Å². The molecular weight excluding hydrogens is 412 g/mol. The lowest BCUT2D eigenvalue weighted by molar-refractivity contribution is -0.701. The predicted molar refractivity (Wildman–Crippen MR) is 117 cm³/mol. The molecule has 0 unspecified atom stereocenters. The Morgan fingerprint density at radius 3 is 1.25 bits per heavy atom. The lowest BCUT2D eigenvalue weighted by Gasteiger charge is -2.44. The Morgan fingerprint density at radius 1 is 0.531 bits per heavy atom. The third-order valence-electron chi connectivity index (χ3n) is 6.99. The van der Waals surface area contributed by atoms with E-state index in [1.807, 2.05) is 24.3 Å². The smallest absolute Gasteiger partial charge is 0.161 e. The molecule has 0 N–H and O–H groups in total. The molecule has 4 rings (SSSR count). The maximum Gasteiger partial charge on any atom is 0.161 e. The minimum atomic E-state index is -0.548. The van der Waals surface area contributed by atoms with E-state index in [4.69, 9.17) is 28.4 Å². The molecule has 1 aromatic carbocycles. The first kappa shape index (κ1) is 23.4. The summed E-state index contributed by atoms with van der Waals surface area (Å²) in [5.74, 6) is 1.47. The lowest BCUT2D eigenvalue weighted by Crippen LogP contribution is -2.56. The van der Waals surface area contributed by atoms with Gasteiger partial charge < -0.3 is 38.6 Å². The Hall–Kier alpha value is -1.74. The SMILES string of the molecule is [N-]=[N+]1C23CCOCCOCCC1(CCOCCOCC2)CCOc1ccccc1OCC3. The van der Waals surface area contributed by atoms with E-state index in [2.05, 4.69) is 0 Å². The number of para-hydroxylation sites is 2. The van der Waals surface area contributed by atoms with Gasteiger partial charge in [-0.15, -0.1) is 0 Å². The van der Waals surface area contributed by atoms with E-state index in [-0.39, 0.29) is 0 Å². The highest BCUT2D eigenvalue weighted by molar-refractivity contribution is 5.39. The molecule has 2 saturated heterocycles. The van der Waals surface area contributed by atoms with Crippen molar-refractivity contribution in [2.24, 2.45) is 0 Å². The van der Waals surface area contributed by atoms with Gasteiger partial charge in [0.05, 0.1) is 66.1 Å². The van der Waals surface area contributed by atoms with Crippen LogP contribution in [0.2, 0.25) is 0 Å². The second-order valence-corrected chi connectivity index (χ2v) is 8.85. The fourth-order valence-corrected chi connectivity index (χ4v) is 4.97. The molecule has 0 spiro atoms. The second-order valence-electron chi connectivity index (χ2n) is 8.85. The van der Waals surface area contributed by atoms with Gasteiger partial charge in [-0.2, -0.15) is 0 Å². The molecule has 2 fully saturated rings. The first-order chi connectivity index (χ1) is 15.7. The minimum Gasteiger partial charge on any atom is -0.506 e. The molecule has 2 bridgehead atoms. The minimum absolute atomic E-state index is 0.459. The summed E-state index contributed by atoms with van der Waals surface area (Å²) in [6, 6.07) is 7.77. The molecule has 178 valence electrons. The van der Waals surface area contributed by atoms with Crippen molar-refractivity contribution in [3.8, 4) is 11.5 Å². The molecule has 3 aliphatic rings.